The predicted molar refractivity (Wildman–Crippen MR) is 110 cm³/mol. The Kier molecular flexibility index (Phi) is 4.74. The van der Waals surface area contributed by atoms with Crippen LogP contribution in [0.2, 0.25) is 0 Å². The maximum absolute atomic E-state index is 13.2. The molecular weight excluding hydrogens is 394 g/mol. The number of aromatic nitrogens is 2. The topological polar surface area (TPSA) is 76.3 Å². The molecule has 4 aromatic rings. The van der Waals surface area contributed by atoms with E-state index in [0.717, 1.165) is 11.1 Å². The SMILES string of the molecule is Cc1cccc(-c2noc(-c3sccc3S(=O)(=O)N(C)c3ccccc3)n2)c1. The first-order chi connectivity index (χ1) is 13.5. The lowest BCUT2D eigenvalue weighted by Crippen LogP contribution is -2.26. The summed E-state index contributed by atoms with van der Waals surface area (Å²) < 4.78 is 32.9. The first-order valence-corrected chi connectivity index (χ1v) is 10.8. The van der Waals surface area contributed by atoms with Crippen molar-refractivity contribution in [2.75, 3.05) is 11.4 Å². The Balaban J connectivity index is 1.72. The maximum Gasteiger partial charge on any atom is 0.269 e. The van der Waals surface area contributed by atoms with Gasteiger partial charge < -0.3 is 4.52 Å². The van der Waals surface area contributed by atoms with Gasteiger partial charge >= 0.3 is 0 Å². The van der Waals surface area contributed by atoms with Crippen molar-refractivity contribution >= 4 is 27.0 Å². The van der Waals surface area contributed by atoms with Gasteiger partial charge in [-0.2, -0.15) is 4.98 Å². The number of benzene rings is 2. The van der Waals surface area contributed by atoms with Crippen molar-refractivity contribution in [1.82, 2.24) is 10.1 Å². The fraction of sp³-hybridized carbons (Fsp3) is 0.100. The fourth-order valence-electron chi connectivity index (χ4n) is 2.80. The van der Waals surface area contributed by atoms with Crippen molar-refractivity contribution < 1.29 is 12.9 Å². The summed E-state index contributed by atoms with van der Waals surface area (Å²) in [6.45, 7) is 1.98. The van der Waals surface area contributed by atoms with E-state index in [4.69, 9.17) is 4.52 Å². The lowest BCUT2D eigenvalue weighted by Gasteiger charge is -2.19. The third-order valence-corrected chi connectivity index (χ3v) is 7.14. The number of nitrogens with zero attached hydrogens (tertiary/aromatic N) is 3. The maximum atomic E-state index is 13.2. The van der Waals surface area contributed by atoms with Crippen molar-refractivity contribution in [2.45, 2.75) is 11.8 Å². The highest BCUT2D eigenvalue weighted by Gasteiger charge is 2.28. The van der Waals surface area contributed by atoms with Crippen molar-refractivity contribution in [3.05, 3.63) is 71.6 Å². The van der Waals surface area contributed by atoms with Gasteiger partial charge in [-0.25, -0.2) is 8.42 Å². The number of sulfonamides is 1. The van der Waals surface area contributed by atoms with E-state index >= 15 is 0 Å². The van der Waals surface area contributed by atoms with Gasteiger partial charge in [-0.05, 0) is 36.6 Å². The molecule has 0 spiro atoms. The standard InChI is InChI=1S/C20H17N3O3S2/c1-14-7-6-8-15(13-14)19-21-20(26-22-19)18-17(11-12-27-18)28(24,25)23(2)16-9-4-3-5-10-16/h3-13H,1-2H3. The Morgan fingerprint density at radius 3 is 2.57 bits per heavy atom. The van der Waals surface area contributed by atoms with Crippen molar-refractivity contribution in [3.8, 4) is 22.2 Å². The summed E-state index contributed by atoms with van der Waals surface area (Å²) in [7, 11) is -2.25. The Hall–Kier alpha value is -2.97. The first-order valence-electron chi connectivity index (χ1n) is 8.49. The van der Waals surface area contributed by atoms with Gasteiger partial charge in [0.05, 0.1) is 5.69 Å². The second kappa shape index (κ2) is 7.21. The molecule has 0 aliphatic heterocycles. The zero-order valence-electron chi connectivity index (χ0n) is 15.2. The summed E-state index contributed by atoms with van der Waals surface area (Å²) in [5.74, 6) is 0.610. The molecule has 6 nitrogen and oxygen atoms in total. The van der Waals surface area contributed by atoms with E-state index in [9.17, 15) is 8.42 Å². The van der Waals surface area contributed by atoms with Crippen molar-refractivity contribution in [3.63, 3.8) is 0 Å². The molecule has 28 heavy (non-hydrogen) atoms. The number of hydrogen-bond acceptors (Lipinski definition) is 6. The summed E-state index contributed by atoms with van der Waals surface area (Å²) in [5, 5.41) is 5.73. The van der Waals surface area contributed by atoms with E-state index in [2.05, 4.69) is 10.1 Å². The van der Waals surface area contributed by atoms with Gasteiger partial charge in [-0.1, -0.05) is 47.1 Å². The summed E-state index contributed by atoms with van der Waals surface area (Å²) >= 11 is 1.25. The molecule has 0 radical (unpaired) electrons. The molecule has 4 rings (SSSR count). The number of hydrogen-bond donors (Lipinski definition) is 0. The Bertz CT molecular complexity index is 1210. The minimum absolute atomic E-state index is 0.142. The molecule has 0 amide bonds. The van der Waals surface area contributed by atoms with Crippen molar-refractivity contribution in [2.24, 2.45) is 0 Å². The minimum atomic E-state index is -3.77. The van der Waals surface area contributed by atoms with Gasteiger partial charge in [0, 0.05) is 12.6 Å². The summed E-state index contributed by atoms with van der Waals surface area (Å²) in [6, 6.07) is 18.2. The van der Waals surface area contributed by atoms with Crippen LogP contribution in [0.25, 0.3) is 22.2 Å². The van der Waals surface area contributed by atoms with Crippen LogP contribution in [0.5, 0.6) is 0 Å². The van der Waals surface area contributed by atoms with E-state index in [1.54, 1.807) is 35.7 Å². The summed E-state index contributed by atoms with van der Waals surface area (Å²) in [4.78, 5) is 4.99. The quantitative estimate of drug-likeness (QED) is 0.480. The predicted octanol–water partition coefficient (Wildman–Crippen LogP) is 4.60. The molecule has 8 heteroatoms. The van der Waals surface area contributed by atoms with Gasteiger partial charge in [0.2, 0.25) is 5.82 Å². The molecule has 0 N–H and O–H groups in total. The molecule has 0 bridgehead atoms. The largest absolute Gasteiger partial charge is 0.333 e. The molecule has 0 saturated carbocycles. The highest BCUT2D eigenvalue weighted by atomic mass is 32.2. The van der Waals surface area contributed by atoms with Crippen LogP contribution in [0, 0.1) is 6.92 Å². The van der Waals surface area contributed by atoms with E-state index in [1.165, 1.54) is 22.7 Å². The van der Waals surface area contributed by atoms with Crippen molar-refractivity contribution in [1.29, 1.82) is 0 Å². The Labute approximate surface area is 167 Å². The normalized spacial score (nSPS) is 11.5. The number of rotatable bonds is 5. The Morgan fingerprint density at radius 2 is 1.82 bits per heavy atom. The first kappa shape index (κ1) is 18.4. The zero-order chi connectivity index (χ0) is 19.7. The van der Waals surface area contributed by atoms with Crippen LogP contribution >= 0.6 is 11.3 Å². The third-order valence-electron chi connectivity index (χ3n) is 4.28. The molecule has 0 aliphatic carbocycles. The molecule has 0 unspecified atom stereocenters. The van der Waals surface area contributed by atoms with Crippen LogP contribution < -0.4 is 4.31 Å². The van der Waals surface area contributed by atoms with Crippen LogP contribution in [0.3, 0.4) is 0 Å². The molecule has 0 atom stereocenters. The van der Waals surface area contributed by atoms with Gasteiger partial charge in [-0.15, -0.1) is 11.3 Å². The molecule has 2 aromatic carbocycles. The average Bonchev–Trinajstić information content (AvgIpc) is 3.37. The molecule has 142 valence electrons. The Morgan fingerprint density at radius 1 is 1.04 bits per heavy atom. The van der Waals surface area contributed by atoms with Crippen LogP contribution in [0.15, 0.2) is 75.5 Å². The summed E-state index contributed by atoms with van der Waals surface area (Å²) in [6.07, 6.45) is 0. The lowest BCUT2D eigenvalue weighted by molar-refractivity contribution is 0.432. The third kappa shape index (κ3) is 3.32. The molecule has 2 aromatic heterocycles. The van der Waals surface area contributed by atoms with Gasteiger partial charge in [0.1, 0.15) is 9.77 Å². The number of aryl methyl sites for hydroxylation is 1. The smallest absolute Gasteiger partial charge is 0.269 e. The zero-order valence-corrected chi connectivity index (χ0v) is 16.9. The van der Waals surface area contributed by atoms with E-state index in [0.29, 0.717) is 16.4 Å². The van der Waals surface area contributed by atoms with Crippen LogP contribution in [0.1, 0.15) is 5.56 Å². The van der Waals surface area contributed by atoms with E-state index < -0.39 is 10.0 Å². The minimum Gasteiger partial charge on any atom is -0.333 e. The molecule has 0 saturated heterocycles. The van der Waals surface area contributed by atoms with Crippen LogP contribution in [0.4, 0.5) is 5.69 Å². The number of anilines is 1. The molecule has 0 fully saturated rings. The summed E-state index contributed by atoms with van der Waals surface area (Å²) in [5.41, 5.74) is 2.47. The average molecular weight is 412 g/mol. The second-order valence-corrected chi connectivity index (χ2v) is 9.07. The highest BCUT2D eigenvalue weighted by molar-refractivity contribution is 7.93. The molecule has 2 heterocycles. The van der Waals surface area contributed by atoms with Gasteiger partial charge in [-0.3, -0.25) is 4.31 Å². The monoisotopic (exact) mass is 411 g/mol. The van der Waals surface area contributed by atoms with Gasteiger partial charge in [0.25, 0.3) is 15.9 Å². The van der Waals surface area contributed by atoms with E-state index in [-0.39, 0.29) is 10.8 Å². The number of thiophene rings is 1. The van der Waals surface area contributed by atoms with Gasteiger partial charge in [0.15, 0.2) is 0 Å². The van der Waals surface area contributed by atoms with Crippen LogP contribution in [-0.2, 0) is 10.0 Å². The second-order valence-electron chi connectivity index (χ2n) is 6.21. The molecule has 0 aliphatic rings. The number of para-hydroxylation sites is 1. The lowest BCUT2D eigenvalue weighted by atomic mass is 10.1. The van der Waals surface area contributed by atoms with E-state index in [1.807, 2.05) is 37.3 Å². The fourth-order valence-corrected chi connectivity index (χ4v) is 5.31. The molecular formula is C20H17N3O3S2. The van der Waals surface area contributed by atoms with Crippen LogP contribution in [-0.4, -0.2) is 25.6 Å². The highest BCUT2D eigenvalue weighted by Crippen LogP contribution is 2.35.